The Hall–Kier alpha value is -4.37. The van der Waals surface area contributed by atoms with E-state index in [9.17, 15) is 24.0 Å². The van der Waals surface area contributed by atoms with E-state index in [1.54, 1.807) is 31.4 Å². The molecule has 0 saturated carbocycles. The third-order valence-corrected chi connectivity index (χ3v) is 7.05. The van der Waals surface area contributed by atoms with Gasteiger partial charge >= 0.3 is 6.16 Å². The van der Waals surface area contributed by atoms with E-state index >= 15 is 0 Å². The highest BCUT2D eigenvalue weighted by molar-refractivity contribution is 6.01. The van der Waals surface area contributed by atoms with Gasteiger partial charge in [-0.15, -0.1) is 0 Å². The van der Waals surface area contributed by atoms with E-state index in [1.807, 2.05) is 12.1 Å². The summed E-state index contributed by atoms with van der Waals surface area (Å²) in [5.41, 5.74) is 4.12. The van der Waals surface area contributed by atoms with Crippen LogP contribution in [0, 0.1) is 0 Å². The number of imide groups is 1. The van der Waals surface area contributed by atoms with Crippen molar-refractivity contribution in [3.05, 3.63) is 47.5 Å². The molecule has 1 unspecified atom stereocenters. The van der Waals surface area contributed by atoms with Crippen LogP contribution in [-0.4, -0.2) is 93.3 Å². The first-order chi connectivity index (χ1) is 21.8. The molecule has 242 valence electrons. The predicted molar refractivity (Wildman–Crippen MR) is 159 cm³/mol. The first kappa shape index (κ1) is 33.5. The van der Waals surface area contributed by atoms with Crippen LogP contribution in [0.25, 0.3) is 11.1 Å². The summed E-state index contributed by atoms with van der Waals surface area (Å²) in [6, 6.07) is 10.7. The van der Waals surface area contributed by atoms with Gasteiger partial charge in [0.1, 0.15) is 19.8 Å². The number of fused-ring (bicyclic) bond motifs is 3. The maximum Gasteiger partial charge on any atom is 0.533 e. The van der Waals surface area contributed by atoms with Crippen molar-refractivity contribution in [1.82, 2.24) is 5.06 Å². The van der Waals surface area contributed by atoms with Crippen LogP contribution in [0.4, 0.5) is 16.2 Å². The summed E-state index contributed by atoms with van der Waals surface area (Å²) in [5.74, 6) is -2.51. The highest BCUT2D eigenvalue weighted by Gasteiger charge is 2.35. The molecule has 1 aliphatic carbocycles. The molecule has 14 heteroatoms. The number of ether oxygens (including phenoxy) is 4. The van der Waals surface area contributed by atoms with Crippen LogP contribution in [0.2, 0.25) is 0 Å². The molecule has 0 bridgehead atoms. The van der Waals surface area contributed by atoms with Crippen molar-refractivity contribution in [2.24, 2.45) is 0 Å². The summed E-state index contributed by atoms with van der Waals surface area (Å²) < 4.78 is 21.1. The van der Waals surface area contributed by atoms with Crippen LogP contribution in [0.1, 0.15) is 49.1 Å². The molecule has 14 nitrogen and oxygen atoms in total. The lowest BCUT2D eigenvalue weighted by molar-refractivity contribution is -0.177. The van der Waals surface area contributed by atoms with Crippen molar-refractivity contribution >= 4 is 41.2 Å². The summed E-state index contributed by atoms with van der Waals surface area (Å²) in [5, 5.41) is 14.9. The zero-order chi connectivity index (χ0) is 32.2. The fourth-order valence-corrected chi connectivity index (χ4v) is 4.95. The highest BCUT2D eigenvalue weighted by Crippen LogP contribution is 2.47. The number of carbonyl (C=O) groups is 5. The number of anilines is 2. The number of nitrogens with zero attached hydrogens (tertiary/aromatic N) is 1. The second kappa shape index (κ2) is 16.6. The summed E-state index contributed by atoms with van der Waals surface area (Å²) in [7, 11) is 1.59. The van der Waals surface area contributed by atoms with Gasteiger partial charge in [0.15, 0.2) is 0 Å². The number of nitrogens with one attached hydrogen (secondary N) is 2. The van der Waals surface area contributed by atoms with Gasteiger partial charge in [0.05, 0.1) is 0 Å². The Kier molecular flexibility index (Phi) is 12.4. The smallest absolute Gasteiger partial charge is 0.432 e. The zero-order valence-corrected chi connectivity index (χ0v) is 25.0. The van der Waals surface area contributed by atoms with Crippen molar-refractivity contribution in [3.63, 3.8) is 0 Å². The molecule has 4 rings (SSSR count). The number of aliphatic hydroxyl groups is 1. The maximum atomic E-state index is 12.5. The summed E-state index contributed by atoms with van der Waals surface area (Å²) >= 11 is 0. The SMILES string of the molecule is COCCCOCC(=O)Nc1ccc2c(c1)C(COC(=O)ON1C(=O)CCC1=O)c1cc(NC(=O)COCCCCO)ccc1-2. The van der Waals surface area contributed by atoms with Crippen LogP contribution < -0.4 is 10.6 Å². The number of hydrogen-bond donors (Lipinski definition) is 3. The van der Waals surface area contributed by atoms with Crippen molar-refractivity contribution in [1.29, 1.82) is 0 Å². The summed E-state index contributed by atoms with van der Waals surface area (Å²) in [6.07, 6.45) is 0.559. The minimum atomic E-state index is -1.22. The van der Waals surface area contributed by atoms with Crippen molar-refractivity contribution in [2.45, 2.75) is 38.0 Å². The lowest BCUT2D eigenvalue weighted by Gasteiger charge is -2.17. The molecular weight excluding hydrogens is 590 g/mol. The number of benzene rings is 2. The van der Waals surface area contributed by atoms with Crippen molar-refractivity contribution < 1.29 is 52.9 Å². The number of carbonyl (C=O) groups excluding carboxylic acids is 5. The third-order valence-electron chi connectivity index (χ3n) is 7.05. The Morgan fingerprint density at radius 2 is 1.38 bits per heavy atom. The molecule has 2 aromatic carbocycles. The maximum absolute atomic E-state index is 12.5. The number of methoxy groups -OCH3 is 1. The molecule has 1 atom stereocenters. The molecular formula is C31H37N3O11. The van der Waals surface area contributed by atoms with E-state index in [-0.39, 0.29) is 51.1 Å². The molecule has 0 aromatic heterocycles. The number of amides is 4. The molecule has 2 aliphatic rings. The number of hydroxylamine groups is 2. The average molecular weight is 628 g/mol. The van der Waals surface area contributed by atoms with Crippen LogP contribution in [0.15, 0.2) is 36.4 Å². The van der Waals surface area contributed by atoms with Gasteiger partial charge < -0.3 is 34.7 Å². The van der Waals surface area contributed by atoms with Crippen LogP contribution in [0.3, 0.4) is 0 Å². The summed E-state index contributed by atoms with van der Waals surface area (Å²) in [4.78, 5) is 66.0. The van der Waals surface area contributed by atoms with E-state index in [1.165, 1.54) is 0 Å². The second-order valence-corrected chi connectivity index (χ2v) is 10.4. The lowest BCUT2D eigenvalue weighted by Crippen LogP contribution is -2.32. The van der Waals surface area contributed by atoms with Crippen LogP contribution in [-0.2, 0) is 43.0 Å². The topological polar surface area (TPSA) is 179 Å². The van der Waals surface area contributed by atoms with Gasteiger partial charge in [-0.3, -0.25) is 24.0 Å². The zero-order valence-electron chi connectivity index (χ0n) is 25.0. The van der Waals surface area contributed by atoms with E-state index < -0.39 is 23.9 Å². The van der Waals surface area contributed by atoms with E-state index in [2.05, 4.69) is 10.6 Å². The van der Waals surface area contributed by atoms with Gasteiger partial charge in [-0.05, 0) is 65.8 Å². The molecule has 1 fully saturated rings. The van der Waals surface area contributed by atoms with Gasteiger partial charge in [-0.25, -0.2) is 4.79 Å². The Morgan fingerprint density at radius 3 is 1.91 bits per heavy atom. The van der Waals surface area contributed by atoms with Crippen molar-refractivity contribution in [2.75, 3.05) is 64.0 Å². The highest BCUT2D eigenvalue weighted by atomic mass is 16.8. The van der Waals surface area contributed by atoms with E-state index in [4.69, 9.17) is 28.9 Å². The lowest BCUT2D eigenvalue weighted by atomic mass is 9.97. The molecule has 0 radical (unpaired) electrons. The number of hydrogen-bond acceptors (Lipinski definition) is 11. The Bertz CT molecular complexity index is 1300. The first-order valence-electron chi connectivity index (χ1n) is 14.6. The van der Waals surface area contributed by atoms with Crippen LogP contribution in [0.5, 0.6) is 0 Å². The quantitative estimate of drug-likeness (QED) is 0.133. The van der Waals surface area contributed by atoms with Crippen LogP contribution >= 0.6 is 0 Å². The third kappa shape index (κ3) is 9.31. The predicted octanol–water partition coefficient (Wildman–Crippen LogP) is 2.74. The molecule has 2 aromatic rings. The number of rotatable bonds is 17. The van der Waals surface area contributed by atoms with Gasteiger partial charge in [-0.1, -0.05) is 17.2 Å². The number of aliphatic hydroxyl groups excluding tert-OH is 1. The molecule has 1 saturated heterocycles. The standard InChI is InChI=1S/C31H37N3O11/c1-41-12-4-14-43-19-28(37)33-21-6-8-23-22-7-5-20(32-27(36)18-42-13-3-2-11-35)15-24(22)26(25(23)16-21)17-44-31(40)45-34-29(38)9-10-30(34)39/h5-8,15-16,26,35H,2-4,9-14,17-19H2,1H3,(H,32,36)(H,33,37). The number of unbranched alkanes of at least 4 members (excludes halogenated alkanes) is 1. The Balaban J connectivity index is 1.47. The molecule has 3 N–H and O–H groups in total. The van der Waals surface area contributed by atoms with Gasteiger partial charge in [0, 0.05) is 63.7 Å². The minimum Gasteiger partial charge on any atom is -0.432 e. The van der Waals surface area contributed by atoms with E-state index in [0.717, 1.165) is 22.3 Å². The fraction of sp³-hybridized carbons (Fsp3) is 0.452. The fourth-order valence-electron chi connectivity index (χ4n) is 4.95. The molecule has 0 spiro atoms. The minimum absolute atomic E-state index is 0.0512. The molecule has 45 heavy (non-hydrogen) atoms. The molecule has 1 aliphatic heterocycles. The van der Waals surface area contributed by atoms with Gasteiger partial charge in [0.2, 0.25) is 11.8 Å². The Morgan fingerprint density at radius 1 is 0.822 bits per heavy atom. The first-order valence-corrected chi connectivity index (χ1v) is 14.6. The molecule has 4 amide bonds. The second-order valence-electron chi connectivity index (χ2n) is 10.4. The largest absolute Gasteiger partial charge is 0.533 e. The Labute approximate surface area is 259 Å². The van der Waals surface area contributed by atoms with Gasteiger partial charge in [0.25, 0.3) is 11.8 Å². The van der Waals surface area contributed by atoms with Gasteiger partial charge in [-0.2, -0.15) is 0 Å². The van der Waals surface area contributed by atoms with Crippen molar-refractivity contribution in [3.8, 4) is 11.1 Å². The normalized spacial score (nSPS) is 15.1. The monoisotopic (exact) mass is 627 g/mol. The average Bonchev–Trinajstić information content (AvgIpc) is 3.50. The summed E-state index contributed by atoms with van der Waals surface area (Å²) in [6.45, 7) is 0.785. The van der Waals surface area contributed by atoms with E-state index in [0.29, 0.717) is 55.5 Å². The molecule has 1 heterocycles.